The van der Waals surface area contributed by atoms with Crippen molar-refractivity contribution in [2.45, 2.75) is 13.5 Å². The molecule has 0 aromatic carbocycles. The monoisotopic (exact) mass is 389 g/mol. The van der Waals surface area contributed by atoms with E-state index in [1.165, 1.54) is 0 Å². The molecule has 0 spiro atoms. The van der Waals surface area contributed by atoms with Crippen LogP contribution in [0.15, 0.2) is 61.2 Å². The number of methoxy groups -OCH3 is 1. The molecule has 146 valence electrons. The van der Waals surface area contributed by atoms with Gasteiger partial charge in [-0.3, -0.25) is 14.5 Å². The van der Waals surface area contributed by atoms with Gasteiger partial charge in [0, 0.05) is 30.2 Å². The molecule has 29 heavy (non-hydrogen) atoms. The van der Waals surface area contributed by atoms with Crippen molar-refractivity contribution < 1.29 is 9.53 Å². The number of pyridine rings is 2. The molecule has 4 heterocycles. The Morgan fingerprint density at radius 2 is 2.03 bits per heavy atom. The summed E-state index contributed by atoms with van der Waals surface area (Å²) in [6.07, 6.45) is 6.77. The van der Waals surface area contributed by atoms with Crippen molar-refractivity contribution in [2.75, 3.05) is 12.4 Å². The molecule has 9 nitrogen and oxygen atoms in total. The molecule has 0 saturated heterocycles. The van der Waals surface area contributed by atoms with E-state index in [1.54, 1.807) is 53.4 Å². The fourth-order valence-electron chi connectivity index (χ4n) is 2.92. The first-order valence-electron chi connectivity index (χ1n) is 8.94. The number of ether oxygens (including phenoxy) is 1. The van der Waals surface area contributed by atoms with Gasteiger partial charge in [-0.1, -0.05) is 6.07 Å². The fraction of sp³-hybridized carbons (Fsp3) is 0.150. The number of carbonyl (C=O) groups is 1. The van der Waals surface area contributed by atoms with Gasteiger partial charge in [0.15, 0.2) is 5.82 Å². The molecule has 0 atom stereocenters. The van der Waals surface area contributed by atoms with Crippen LogP contribution in [0.5, 0.6) is 5.75 Å². The minimum Gasteiger partial charge on any atom is -0.494 e. The third kappa shape index (κ3) is 3.98. The number of carbonyl (C=O) groups excluding carboxylic acids is 1. The maximum absolute atomic E-state index is 12.6. The number of rotatable bonds is 6. The van der Waals surface area contributed by atoms with Crippen molar-refractivity contribution in [3.8, 4) is 22.8 Å². The van der Waals surface area contributed by atoms with Gasteiger partial charge in [0.1, 0.15) is 23.8 Å². The predicted molar refractivity (Wildman–Crippen MR) is 107 cm³/mol. The van der Waals surface area contributed by atoms with Crippen LogP contribution >= 0.6 is 0 Å². The van der Waals surface area contributed by atoms with E-state index in [2.05, 4.69) is 25.5 Å². The second-order valence-electron chi connectivity index (χ2n) is 6.30. The average molecular weight is 389 g/mol. The Bertz CT molecular complexity index is 1130. The lowest BCUT2D eigenvalue weighted by Crippen LogP contribution is -2.21. The van der Waals surface area contributed by atoms with Gasteiger partial charge in [-0.25, -0.2) is 4.98 Å². The van der Waals surface area contributed by atoms with Crippen molar-refractivity contribution in [1.82, 2.24) is 29.5 Å². The fourth-order valence-corrected chi connectivity index (χ4v) is 2.92. The molecule has 0 aliphatic carbocycles. The van der Waals surface area contributed by atoms with E-state index in [9.17, 15) is 4.79 Å². The van der Waals surface area contributed by atoms with Crippen molar-refractivity contribution >= 4 is 11.7 Å². The lowest BCUT2D eigenvalue weighted by molar-refractivity contribution is -0.116. The number of amides is 1. The molecule has 0 unspecified atom stereocenters. The molecule has 4 aromatic heterocycles. The third-order valence-electron chi connectivity index (χ3n) is 4.17. The molecular weight excluding hydrogens is 370 g/mol. The van der Waals surface area contributed by atoms with E-state index < -0.39 is 0 Å². The van der Waals surface area contributed by atoms with E-state index in [1.807, 2.05) is 31.2 Å². The molecule has 0 radical (unpaired) electrons. The van der Waals surface area contributed by atoms with E-state index in [-0.39, 0.29) is 12.5 Å². The van der Waals surface area contributed by atoms with Gasteiger partial charge in [0.2, 0.25) is 5.91 Å². The van der Waals surface area contributed by atoms with Gasteiger partial charge < -0.3 is 10.1 Å². The smallest absolute Gasteiger partial charge is 0.247 e. The summed E-state index contributed by atoms with van der Waals surface area (Å²) in [6.45, 7) is 1.90. The van der Waals surface area contributed by atoms with Crippen LogP contribution in [0.1, 0.15) is 5.69 Å². The van der Waals surface area contributed by atoms with Crippen molar-refractivity contribution in [1.29, 1.82) is 0 Å². The van der Waals surface area contributed by atoms with Gasteiger partial charge in [0.25, 0.3) is 0 Å². The van der Waals surface area contributed by atoms with Crippen LogP contribution in [0.3, 0.4) is 0 Å². The molecule has 4 aromatic rings. The lowest BCUT2D eigenvalue weighted by atomic mass is 10.2. The second kappa shape index (κ2) is 7.93. The van der Waals surface area contributed by atoms with Crippen LogP contribution in [0.25, 0.3) is 17.1 Å². The average Bonchev–Trinajstić information content (AvgIpc) is 3.35. The van der Waals surface area contributed by atoms with Gasteiger partial charge in [0.05, 0.1) is 19.0 Å². The molecule has 0 aliphatic heterocycles. The Labute approximate surface area is 167 Å². The molecule has 0 saturated carbocycles. The highest BCUT2D eigenvalue weighted by molar-refractivity contribution is 5.90. The zero-order chi connectivity index (χ0) is 20.2. The number of hydrogen-bond acceptors (Lipinski definition) is 6. The van der Waals surface area contributed by atoms with Gasteiger partial charge in [-0.15, -0.1) is 0 Å². The summed E-state index contributed by atoms with van der Waals surface area (Å²) in [5, 5.41) is 11.5. The Morgan fingerprint density at radius 3 is 2.83 bits per heavy atom. The summed E-state index contributed by atoms with van der Waals surface area (Å²) < 4.78 is 8.48. The highest BCUT2D eigenvalue weighted by Gasteiger charge is 2.14. The van der Waals surface area contributed by atoms with Crippen LogP contribution < -0.4 is 10.1 Å². The van der Waals surface area contributed by atoms with Crippen LogP contribution in [0, 0.1) is 6.92 Å². The van der Waals surface area contributed by atoms with Crippen molar-refractivity contribution in [3.05, 3.63) is 66.9 Å². The maximum atomic E-state index is 12.6. The Balaban J connectivity index is 1.50. The minimum absolute atomic E-state index is 0.0432. The molecular formula is C20H19N7O2. The summed E-state index contributed by atoms with van der Waals surface area (Å²) in [7, 11) is 1.59. The number of hydrogen-bond donors (Lipinski definition) is 1. The first kappa shape index (κ1) is 18.4. The maximum Gasteiger partial charge on any atom is 0.247 e. The Hall–Kier alpha value is -4.01. The highest BCUT2D eigenvalue weighted by Crippen LogP contribution is 2.26. The molecule has 0 fully saturated rings. The molecule has 1 N–H and O–H groups in total. The summed E-state index contributed by atoms with van der Waals surface area (Å²) in [6, 6.07) is 10.9. The Morgan fingerprint density at radius 1 is 1.17 bits per heavy atom. The van der Waals surface area contributed by atoms with Gasteiger partial charge >= 0.3 is 0 Å². The molecule has 0 bridgehead atoms. The number of aryl methyl sites for hydroxylation is 1. The van der Waals surface area contributed by atoms with Crippen molar-refractivity contribution in [3.63, 3.8) is 0 Å². The van der Waals surface area contributed by atoms with Crippen LogP contribution in [-0.4, -0.2) is 42.5 Å². The highest BCUT2D eigenvalue weighted by atomic mass is 16.5. The molecule has 0 aliphatic rings. The first-order chi connectivity index (χ1) is 14.1. The van der Waals surface area contributed by atoms with E-state index in [0.717, 1.165) is 11.3 Å². The SMILES string of the molecule is COc1cccnc1-c1cnn(CC(=O)Nc2cc(C)nn2-c2ccccn2)c1. The van der Waals surface area contributed by atoms with E-state index in [0.29, 0.717) is 23.1 Å². The number of anilines is 1. The zero-order valence-corrected chi connectivity index (χ0v) is 16.0. The van der Waals surface area contributed by atoms with Crippen LogP contribution in [0.4, 0.5) is 5.82 Å². The third-order valence-corrected chi connectivity index (χ3v) is 4.17. The summed E-state index contributed by atoms with van der Waals surface area (Å²) in [4.78, 5) is 21.2. The van der Waals surface area contributed by atoms with Gasteiger partial charge in [-0.2, -0.15) is 14.9 Å². The number of nitrogens with zero attached hydrogens (tertiary/aromatic N) is 6. The summed E-state index contributed by atoms with van der Waals surface area (Å²) in [5.41, 5.74) is 2.21. The predicted octanol–water partition coefficient (Wildman–Crippen LogP) is 2.48. The largest absolute Gasteiger partial charge is 0.494 e. The van der Waals surface area contributed by atoms with Gasteiger partial charge in [-0.05, 0) is 31.2 Å². The van der Waals surface area contributed by atoms with E-state index in [4.69, 9.17) is 4.74 Å². The van der Waals surface area contributed by atoms with Crippen LogP contribution in [0.2, 0.25) is 0 Å². The second-order valence-corrected chi connectivity index (χ2v) is 6.30. The van der Waals surface area contributed by atoms with Crippen molar-refractivity contribution in [2.24, 2.45) is 0 Å². The molecule has 4 rings (SSSR count). The molecule has 9 heteroatoms. The number of aromatic nitrogens is 6. The normalized spacial score (nSPS) is 10.7. The minimum atomic E-state index is -0.232. The lowest BCUT2D eigenvalue weighted by Gasteiger charge is -2.08. The number of nitrogens with one attached hydrogen (secondary N) is 1. The topological polar surface area (TPSA) is 99.8 Å². The first-order valence-corrected chi connectivity index (χ1v) is 8.94. The molecule has 1 amide bonds. The Kier molecular flexibility index (Phi) is 5.02. The quantitative estimate of drug-likeness (QED) is 0.544. The summed E-state index contributed by atoms with van der Waals surface area (Å²) >= 11 is 0. The van der Waals surface area contributed by atoms with E-state index >= 15 is 0 Å². The standard InChI is InChI=1S/C20H19N7O2/c1-14-10-18(27(25-14)17-7-3-4-8-21-17)24-19(28)13-26-12-15(11-23-26)20-16(29-2)6-5-9-22-20/h3-12H,13H2,1-2H3,(H,24,28). The zero-order valence-electron chi connectivity index (χ0n) is 16.0. The van der Waals surface area contributed by atoms with Crippen LogP contribution in [-0.2, 0) is 11.3 Å². The summed E-state index contributed by atoms with van der Waals surface area (Å²) in [5.74, 6) is 1.58.